The van der Waals surface area contributed by atoms with Crippen molar-refractivity contribution in [1.82, 2.24) is 0 Å². The molecule has 0 aromatic heterocycles. The van der Waals surface area contributed by atoms with Gasteiger partial charge in [0.15, 0.2) is 0 Å². The van der Waals surface area contributed by atoms with Gasteiger partial charge in [-0.2, -0.15) is 0 Å². The topological polar surface area (TPSA) is 77.8 Å². The second-order valence-corrected chi connectivity index (χ2v) is 2.82. The van der Waals surface area contributed by atoms with Crippen LogP contribution < -0.4 is 0 Å². The number of hydrogen-bond acceptors (Lipinski definition) is 4. The Kier molecular flexibility index (Phi) is 3.65. The van der Waals surface area contributed by atoms with Crippen molar-refractivity contribution in [2.75, 3.05) is 0 Å². The molecule has 66 valence electrons. The average molecular weight is 162 g/mol. The van der Waals surface area contributed by atoms with E-state index in [0.29, 0.717) is 6.29 Å². The Labute approximate surface area is 65.5 Å². The lowest BCUT2D eigenvalue weighted by molar-refractivity contribution is -0.136. The van der Waals surface area contributed by atoms with E-state index in [1.165, 1.54) is 13.8 Å². The fourth-order valence-electron chi connectivity index (χ4n) is 0.608. The maximum atomic E-state index is 9.93. The number of carbonyl (C=O) groups is 1. The van der Waals surface area contributed by atoms with E-state index in [4.69, 9.17) is 10.2 Å². The van der Waals surface area contributed by atoms with Crippen LogP contribution in [0.25, 0.3) is 0 Å². The Morgan fingerprint density at radius 1 is 1.55 bits per heavy atom. The molecule has 0 saturated carbocycles. The summed E-state index contributed by atoms with van der Waals surface area (Å²) < 4.78 is 0. The van der Waals surface area contributed by atoms with Gasteiger partial charge in [-0.05, 0) is 13.8 Å². The van der Waals surface area contributed by atoms with Gasteiger partial charge in [-0.15, -0.1) is 0 Å². The van der Waals surface area contributed by atoms with Crippen LogP contribution in [-0.2, 0) is 4.79 Å². The quantitative estimate of drug-likeness (QED) is 0.467. The van der Waals surface area contributed by atoms with Crippen molar-refractivity contribution >= 4 is 6.29 Å². The van der Waals surface area contributed by atoms with Crippen molar-refractivity contribution in [2.24, 2.45) is 0 Å². The average Bonchev–Trinajstić information content (AvgIpc) is 1.88. The number of aliphatic hydroxyl groups is 3. The highest BCUT2D eigenvalue weighted by Crippen LogP contribution is 2.16. The van der Waals surface area contributed by atoms with Crippen molar-refractivity contribution in [3.05, 3.63) is 0 Å². The van der Waals surface area contributed by atoms with Gasteiger partial charge in [0.25, 0.3) is 0 Å². The molecule has 4 nitrogen and oxygen atoms in total. The summed E-state index contributed by atoms with van der Waals surface area (Å²) >= 11 is 0. The van der Waals surface area contributed by atoms with E-state index in [1.54, 1.807) is 0 Å². The van der Waals surface area contributed by atoms with Crippen molar-refractivity contribution in [3.8, 4) is 0 Å². The largest absolute Gasteiger partial charge is 0.390 e. The molecule has 3 N–H and O–H groups in total. The SMILES string of the molecule is C[C@@H](O)[C@](C)(O)[C@H](O)CC=O. The molecule has 0 aromatic carbocycles. The highest BCUT2D eigenvalue weighted by molar-refractivity contribution is 5.50. The van der Waals surface area contributed by atoms with Crippen molar-refractivity contribution < 1.29 is 20.1 Å². The monoisotopic (exact) mass is 162 g/mol. The summed E-state index contributed by atoms with van der Waals surface area (Å²) in [6.45, 7) is 2.64. The standard InChI is InChI=1S/C7H14O4/c1-5(9)7(2,11)6(10)3-4-8/h4-6,9-11H,3H2,1-2H3/t5-,6-,7+/m1/s1. The summed E-state index contributed by atoms with van der Waals surface area (Å²) in [6.07, 6.45) is -1.93. The molecule has 0 amide bonds. The first kappa shape index (κ1) is 10.6. The van der Waals surface area contributed by atoms with E-state index in [0.717, 1.165) is 0 Å². The molecule has 0 radical (unpaired) electrons. The van der Waals surface area contributed by atoms with Gasteiger partial charge in [0.05, 0.1) is 12.2 Å². The third-order valence-corrected chi connectivity index (χ3v) is 1.84. The summed E-state index contributed by atoms with van der Waals surface area (Å²) in [5, 5.41) is 27.4. The van der Waals surface area contributed by atoms with Crippen LogP contribution >= 0.6 is 0 Å². The van der Waals surface area contributed by atoms with Crippen LogP contribution in [0.2, 0.25) is 0 Å². The summed E-state index contributed by atoms with van der Waals surface area (Å²) in [5.74, 6) is 0. The van der Waals surface area contributed by atoms with Crippen LogP contribution in [0.4, 0.5) is 0 Å². The number of aldehydes is 1. The normalized spacial score (nSPS) is 21.9. The number of hydrogen-bond donors (Lipinski definition) is 3. The van der Waals surface area contributed by atoms with E-state index in [1.807, 2.05) is 0 Å². The lowest BCUT2D eigenvalue weighted by Crippen LogP contribution is -2.48. The number of rotatable bonds is 4. The van der Waals surface area contributed by atoms with E-state index < -0.39 is 17.8 Å². The highest BCUT2D eigenvalue weighted by Gasteiger charge is 2.34. The fraction of sp³-hybridized carbons (Fsp3) is 0.857. The maximum absolute atomic E-state index is 9.93. The summed E-state index contributed by atoms with van der Waals surface area (Å²) in [5.41, 5.74) is -1.61. The van der Waals surface area contributed by atoms with Crippen LogP contribution in [0.1, 0.15) is 20.3 Å². The predicted octanol–water partition coefficient (Wildman–Crippen LogP) is -0.932. The minimum atomic E-state index is -1.61. The van der Waals surface area contributed by atoms with Gasteiger partial charge in [0.2, 0.25) is 0 Å². The Morgan fingerprint density at radius 2 is 2.00 bits per heavy atom. The fourth-order valence-corrected chi connectivity index (χ4v) is 0.608. The molecule has 0 saturated heterocycles. The maximum Gasteiger partial charge on any atom is 0.122 e. The van der Waals surface area contributed by atoms with Gasteiger partial charge in [0.1, 0.15) is 11.9 Å². The van der Waals surface area contributed by atoms with Crippen LogP contribution in [0.3, 0.4) is 0 Å². The van der Waals surface area contributed by atoms with Gasteiger partial charge in [0, 0.05) is 6.42 Å². The number of aliphatic hydroxyl groups excluding tert-OH is 2. The molecule has 3 atom stereocenters. The molecule has 0 heterocycles. The molecule has 0 unspecified atom stereocenters. The molecular weight excluding hydrogens is 148 g/mol. The Hall–Kier alpha value is -0.450. The lowest BCUT2D eigenvalue weighted by Gasteiger charge is -2.30. The van der Waals surface area contributed by atoms with Gasteiger partial charge in [-0.3, -0.25) is 0 Å². The van der Waals surface area contributed by atoms with Crippen LogP contribution in [0, 0.1) is 0 Å². The zero-order chi connectivity index (χ0) is 9.07. The molecule has 11 heavy (non-hydrogen) atoms. The summed E-state index contributed by atoms with van der Waals surface area (Å²) in [7, 11) is 0. The Morgan fingerprint density at radius 3 is 2.27 bits per heavy atom. The molecule has 0 bridgehead atoms. The molecule has 4 heteroatoms. The van der Waals surface area contributed by atoms with Crippen LogP contribution in [0.5, 0.6) is 0 Å². The zero-order valence-corrected chi connectivity index (χ0v) is 6.69. The van der Waals surface area contributed by atoms with Crippen LogP contribution in [0.15, 0.2) is 0 Å². The Bertz CT molecular complexity index is 130. The second-order valence-electron chi connectivity index (χ2n) is 2.82. The molecule has 0 fully saturated rings. The Balaban J connectivity index is 4.16. The molecule has 0 spiro atoms. The molecule has 0 rings (SSSR count). The van der Waals surface area contributed by atoms with Gasteiger partial charge < -0.3 is 20.1 Å². The molecule has 0 aliphatic rings. The van der Waals surface area contributed by atoms with Crippen molar-refractivity contribution in [1.29, 1.82) is 0 Å². The van der Waals surface area contributed by atoms with E-state index in [2.05, 4.69) is 0 Å². The molecule has 0 aliphatic heterocycles. The zero-order valence-electron chi connectivity index (χ0n) is 6.69. The minimum absolute atomic E-state index is 0.169. The van der Waals surface area contributed by atoms with Gasteiger partial charge in [-0.1, -0.05) is 0 Å². The highest BCUT2D eigenvalue weighted by atomic mass is 16.4. The summed E-state index contributed by atoms with van der Waals surface area (Å²) in [6, 6.07) is 0. The smallest absolute Gasteiger partial charge is 0.122 e. The van der Waals surface area contributed by atoms with Crippen LogP contribution in [-0.4, -0.2) is 39.4 Å². The predicted molar refractivity (Wildman–Crippen MR) is 39.0 cm³/mol. The molecule has 0 aliphatic carbocycles. The number of carbonyl (C=O) groups excluding carboxylic acids is 1. The van der Waals surface area contributed by atoms with E-state index in [-0.39, 0.29) is 6.42 Å². The first-order valence-electron chi connectivity index (χ1n) is 3.45. The van der Waals surface area contributed by atoms with Gasteiger partial charge >= 0.3 is 0 Å². The molecular formula is C7H14O4. The van der Waals surface area contributed by atoms with E-state index >= 15 is 0 Å². The third-order valence-electron chi connectivity index (χ3n) is 1.84. The second kappa shape index (κ2) is 3.80. The third kappa shape index (κ3) is 2.57. The first-order valence-corrected chi connectivity index (χ1v) is 3.45. The van der Waals surface area contributed by atoms with Gasteiger partial charge in [-0.25, -0.2) is 0 Å². The minimum Gasteiger partial charge on any atom is -0.390 e. The van der Waals surface area contributed by atoms with E-state index in [9.17, 15) is 9.90 Å². The first-order chi connectivity index (χ1) is 4.92. The van der Waals surface area contributed by atoms with Crippen molar-refractivity contribution in [2.45, 2.75) is 38.1 Å². The van der Waals surface area contributed by atoms with Crippen molar-refractivity contribution in [3.63, 3.8) is 0 Å². The lowest BCUT2D eigenvalue weighted by atomic mass is 9.92. The molecule has 0 aromatic rings. The summed E-state index contributed by atoms with van der Waals surface area (Å²) in [4.78, 5) is 9.93.